The van der Waals surface area contributed by atoms with Gasteiger partial charge in [-0.1, -0.05) is 0 Å². The molecule has 2 unspecified atom stereocenters. The zero-order chi connectivity index (χ0) is 11.7. The Morgan fingerprint density at radius 3 is 2.76 bits per heavy atom. The van der Waals surface area contributed by atoms with Gasteiger partial charge in [-0.25, -0.2) is 0 Å². The van der Waals surface area contributed by atoms with Gasteiger partial charge < -0.3 is 15.0 Å². The fraction of sp³-hybridized carbons (Fsp3) is 1.00. The predicted molar refractivity (Wildman–Crippen MR) is 69.1 cm³/mol. The average molecular weight is 238 g/mol. The lowest BCUT2D eigenvalue weighted by atomic mass is 9.67. The Hall–Kier alpha value is -0.120. The molecule has 0 radical (unpaired) electrons. The molecule has 3 heteroatoms. The molecule has 3 heterocycles. The lowest BCUT2D eigenvalue weighted by Crippen LogP contribution is -2.51. The van der Waals surface area contributed by atoms with Gasteiger partial charge in [-0.05, 0) is 64.2 Å². The first-order valence-electron chi connectivity index (χ1n) is 7.25. The second kappa shape index (κ2) is 4.87. The molecule has 2 atom stereocenters. The van der Waals surface area contributed by atoms with E-state index in [0.717, 1.165) is 25.0 Å². The third kappa shape index (κ3) is 2.38. The maximum atomic E-state index is 5.59. The van der Waals surface area contributed by atoms with E-state index in [-0.39, 0.29) is 0 Å². The maximum Gasteiger partial charge on any atom is 0.0548 e. The van der Waals surface area contributed by atoms with Crippen LogP contribution in [0.1, 0.15) is 25.7 Å². The van der Waals surface area contributed by atoms with Crippen molar-refractivity contribution in [1.82, 2.24) is 10.2 Å². The molecule has 0 bridgehead atoms. The molecule has 17 heavy (non-hydrogen) atoms. The topological polar surface area (TPSA) is 24.5 Å². The summed E-state index contributed by atoms with van der Waals surface area (Å²) in [5.41, 5.74) is 0.536. The summed E-state index contributed by atoms with van der Waals surface area (Å²) in [4.78, 5) is 2.49. The molecule has 3 saturated heterocycles. The monoisotopic (exact) mass is 238 g/mol. The van der Waals surface area contributed by atoms with Crippen LogP contribution in [0.3, 0.4) is 0 Å². The molecule has 0 aromatic carbocycles. The lowest BCUT2D eigenvalue weighted by Gasteiger charge is -2.48. The van der Waals surface area contributed by atoms with Gasteiger partial charge in [-0.2, -0.15) is 0 Å². The van der Waals surface area contributed by atoms with Crippen molar-refractivity contribution in [2.75, 3.05) is 46.4 Å². The number of rotatable bonds is 3. The molecule has 0 aromatic heterocycles. The minimum absolute atomic E-state index is 0.536. The zero-order valence-corrected chi connectivity index (χ0v) is 11.1. The second-order valence-electron chi connectivity index (χ2n) is 6.52. The van der Waals surface area contributed by atoms with Crippen molar-refractivity contribution in [2.24, 2.45) is 17.3 Å². The molecular weight excluding hydrogens is 212 g/mol. The number of hydrogen-bond acceptors (Lipinski definition) is 3. The molecule has 3 fully saturated rings. The third-order valence-electron chi connectivity index (χ3n) is 5.13. The van der Waals surface area contributed by atoms with Gasteiger partial charge in [-0.15, -0.1) is 0 Å². The highest BCUT2D eigenvalue weighted by Gasteiger charge is 2.48. The molecule has 0 aromatic rings. The van der Waals surface area contributed by atoms with E-state index in [9.17, 15) is 0 Å². The number of likely N-dealkylation sites (tertiary alicyclic amines) is 1. The van der Waals surface area contributed by atoms with E-state index in [2.05, 4.69) is 17.3 Å². The number of piperidine rings is 1. The van der Waals surface area contributed by atoms with Crippen LogP contribution in [-0.2, 0) is 4.74 Å². The van der Waals surface area contributed by atoms with E-state index >= 15 is 0 Å². The first kappa shape index (κ1) is 11.9. The standard InChI is InChI=1S/C14H26N2O/c1-16-6-4-13(9-16)14(10-17-11-14)7-12-3-2-5-15-8-12/h12-13,15H,2-11H2,1H3. The first-order chi connectivity index (χ1) is 8.28. The van der Waals surface area contributed by atoms with Crippen LogP contribution in [0.25, 0.3) is 0 Å². The van der Waals surface area contributed by atoms with Gasteiger partial charge in [0.25, 0.3) is 0 Å². The summed E-state index contributed by atoms with van der Waals surface area (Å²) in [7, 11) is 2.26. The molecule has 0 amide bonds. The van der Waals surface area contributed by atoms with Gasteiger partial charge in [0.05, 0.1) is 13.2 Å². The van der Waals surface area contributed by atoms with E-state index in [0.29, 0.717) is 5.41 Å². The van der Waals surface area contributed by atoms with Crippen LogP contribution < -0.4 is 5.32 Å². The highest BCUT2D eigenvalue weighted by atomic mass is 16.5. The second-order valence-corrected chi connectivity index (χ2v) is 6.52. The summed E-state index contributed by atoms with van der Waals surface area (Å²) >= 11 is 0. The minimum atomic E-state index is 0.536. The maximum absolute atomic E-state index is 5.59. The Bertz CT molecular complexity index is 259. The SMILES string of the molecule is CN1CCC(C2(CC3CCCNC3)COC2)C1. The molecule has 98 valence electrons. The van der Waals surface area contributed by atoms with Crippen molar-refractivity contribution >= 4 is 0 Å². The van der Waals surface area contributed by atoms with Crippen LogP contribution >= 0.6 is 0 Å². The van der Waals surface area contributed by atoms with Crippen molar-refractivity contribution < 1.29 is 4.74 Å². The number of nitrogens with zero attached hydrogens (tertiary/aromatic N) is 1. The Balaban J connectivity index is 1.61. The van der Waals surface area contributed by atoms with Crippen molar-refractivity contribution in [3.63, 3.8) is 0 Å². The summed E-state index contributed by atoms with van der Waals surface area (Å²) in [6.45, 7) is 7.11. The molecular formula is C14H26N2O. The van der Waals surface area contributed by atoms with Gasteiger partial charge in [-0.3, -0.25) is 0 Å². The van der Waals surface area contributed by atoms with Crippen molar-refractivity contribution in [1.29, 1.82) is 0 Å². The minimum Gasteiger partial charge on any atom is -0.380 e. The van der Waals surface area contributed by atoms with E-state index in [1.165, 1.54) is 51.9 Å². The van der Waals surface area contributed by atoms with Crippen molar-refractivity contribution in [3.05, 3.63) is 0 Å². The predicted octanol–water partition coefficient (Wildman–Crippen LogP) is 1.34. The van der Waals surface area contributed by atoms with Crippen LogP contribution in [-0.4, -0.2) is 51.3 Å². The van der Waals surface area contributed by atoms with Gasteiger partial charge >= 0.3 is 0 Å². The molecule has 3 nitrogen and oxygen atoms in total. The fourth-order valence-corrected chi connectivity index (χ4v) is 3.99. The quantitative estimate of drug-likeness (QED) is 0.803. The van der Waals surface area contributed by atoms with E-state index in [4.69, 9.17) is 4.74 Å². The highest BCUT2D eigenvalue weighted by molar-refractivity contribution is 4.97. The van der Waals surface area contributed by atoms with Crippen molar-refractivity contribution in [3.8, 4) is 0 Å². The molecule has 1 N–H and O–H groups in total. The molecule has 3 rings (SSSR count). The summed E-state index contributed by atoms with van der Waals surface area (Å²) in [6.07, 6.45) is 5.59. The van der Waals surface area contributed by atoms with E-state index < -0.39 is 0 Å². The Kier molecular flexibility index (Phi) is 3.42. The van der Waals surface area contributed by atoms with Crippen LogP contribution in [0.15, 0.2) is 0 Å². The zero-order valence-electron chi connectivity index (χ0n) is 11.1. The highest BCUT2D eigenvalue weighted by Crippen LogP contribution is 2.46. The summed E-state index contributed by atoms with van der Waals surface area (Å²) in [6, 6.07) is 0. The van der Waals surface area contributed by atoms with Gasteiger partial charge in [0, 0.05) is 12.0 Å². The molecule has 3 aliphatic heterocycles. The average Bonchev–Trinajstić information content (AvgIpc) is 2.72. The van der Waals surface area contributed by atoms with Crippen LogP contribution in [0.2, 0.25) is 0 Å². The van der Waals surface area contributed by atoms with E-state index in [1.807, 2.05) is 0 Å². The number of ether oxygens (including phenoxy) is 1. The number of nitrogens with one attached hydrogen (secondary N) is 1. The smallest absolute Gasteiger partial charge is 0.0548 e. The largest absolute Gasteiger partial charge is 0.380 e. The number of hydrogen-bond donors (Lipinski definition) is 1. The molecule has 0 saturated carbocycles. The van der Waals surface area contributed by atoms with Crippen LogP contribution in [0.4, 0.5) is 0 Å². The van der Waals surface area contributed by atoms with Gasteiger partial charge in [0.15, 0.2) is 0 Å². The van der Waals surface area contributed by atoms with Crippen LogP contribution in [0, 0.1) is 17.3 Å². The third-order valence-corrected chi connectivity index (χ3v) is 5.13. The molecule has 0 aliphatic carbocycles. The summed E-state index contributed by atoms with van der Waals surface area (Å²) in [5, 5.41) is 3.55. The Morgan fingerprint density at radius 2 is 2.24 bits per heavy atom. The van der Waals surface area contributed by atoms with E-state index in [1.54, 1.807) is 0 Å². The van der Waals surface area contributed by atoms with Crippen LogP contribution in [0.5, 0.6) is 0 Å². The normalized spacial score (nSPS) is 37.9. The molecule has 0 spiro atoms. The summed E-state index contributed by atoms with van der Waals surface area (Å²) in [5.74, 6) is 1.79. The summed E-state index contributed by atoms with van der Waals surface area (Å²) < 4.78 is 5.59. The van der Waals surface area contributed by atoms with Gasteiger partial charge in [0.1, 0.15) is 0 Å². The Labute approximate surface area is 105 Å². The lowest BCUT2D eigenvalue weighted by molar-refractivity contribution is -0.155. The Morgan fingerprint density at radius 1 is 1.35 bits per heavy atom. The van der Waals surface area contributed by atoms with Crippen molar-refractivity contribution in [2.45, 2.75) is 25.7 Å². The molecule has 3 aliphatic rings. The van der Waals surface area contributed by atoms with Gasteiger partial charge in [0.2, 0.25) is 0 Å². The first-order valence-corrected chi connectivity index (χ1v) is 7.25. The fourth-order valence-electron chi connectivity index (χ4n) is 3.99.